The zero-order valence-electron chi connectivity index (χ0n) is 14.0. The lowest BCUT2D eigenvalue weighted by molar-refractivity contribution is 0.200. The summed E-state index contributed by atoms with van der Waals surface area (Å²) in [5, 5.41) is 1.20. The molecule has 2 aromatic rings. The van der Waals surface area contributed by atoms with E-state index in [-0.39, 0.29) is 6.04 Å². The predicted octanol–water partition coefficient (Wildman–Crippen LogP) is 1.85. The van der Waals surface area contributed by atoms with Crippen LogP contribution < -0.4 is 4.90 Å². The highest BCUT2D eigenvalue weighted by Crippen LogP contribution is 2.28. The van der Waals surface area contributed by atoms with Crippen LogP contribution in [0.3, 0.4) is 0 Å². The van der Waals surface area contributed by atoms with Gasteiger partial charge in [0.15, 0.2) is 9.84 Å². The van der Waals surface area contributed by atoms with Crippen LogP contribution in [-0.4, -0.2) is 62.0 Å². The first-order valence-corrected chi connectivity index (χ1v) is 10.4. The van der Waals surface area contributed by atoms with Crippen molar-refractivity contribution in [1.29, 1.82) is 0 Å². The maximum absolute atomic E-state index is 11.7. The molecule has 2 fully saturated rings. The van der Waals surface area contributed by atoms with Crippen molar-refractivity contribution in [2.24, 2.45) is 0 Å². The summed E-state index contributed by atoms with van der Waals surface area (Å²) in [4.78, 5) is 9.29. The van der Waals surface area contributed by atoms with E-state index in [0.29, 0.717) is 11.5 Å². The number of aromatic nitrogens is 1. The monoisotopic (exact) mass is 345 g/mol. The van der Waals surface area contributed by atoms with E-state index in [1.807, 2.05) is 6.20 Å². The molecule has 1 atom stereocenters. The third kappa shape index (κ3) is 2.89. The summed E-state index contributed by atoms with van der Waals surface area (Å²) in [5.74, 6) is 0.691. The average Bonchev–Trinajstić information content (AvgIpc) is 2.95. The lowest BCUT2D eigenvalue weighted by atomic mass is 10.1. The number of anilines is 1. The molecule has 2 saturated heterocycles. The number of hydrogen-bond donors (Lipinski definition) is 0. The van der Waals surface area contributed by atoms with E-state index in [9.17, 15) is 8.42 Å². The Balaban J connectivity index is 1.52. The maximum atomic E-state index is 11.7. The van der Waals surface area contributed by atoms with Crippen molar-refractivity contribution in [2.75, 3.05) is 42.6 Å². The highest BCUT2D eigenvalue weighted by Gasteiger charge is 2.33. The Bertz CT molecular complexity index is 858. The van der Waals surface area contributed by atoms with Gasteiger partial charge in [0.2, 0.25) is 0 Å². The van der Waals surface area contributed by atoms with Crippen LogP contribution in [0, 0.1) is 6.92 Å². The second-order valence-corrected chi connectivity index (χ2v) is 9.11. The second kappa shape index (κ2) is 6.01. The van der Waals surface area contributed by atoms with Crippen molar-refractivity contribution >= 4 is 26.4 Å². The van der Waals surface area contributed by atoms with E-state index in [0.717, 1.165) is 38.1 Å². The summed E-state index contributed by atoms with van der Waals surface area (Å²) in [7, 11) is -2.81. The Morgan fingerprint density at radius 2 is 1.92 bits per heavy atom. The molecular weight excluding hydrogens is 322 g/mol. The zero-order valence-corrected chi connectivity index (χ0v) is 14.8. The molecule has 3 heterocycles. The summed E-state index contributed by atoms with van der Waals surface area (Å²) >= 11 is 0. The number of hydrogen-bond acceptors (Lipinski definition) is 5. The number of aryl methyl sites for hydroxylation is 1. The van der Waals surface area contributed by atoms with Crippen molar-refractivity contribution in [1.82, 2.24) is 9.88 Å². The SMILES string of the molecule is Cc1cccc2c(N3CCN(C4CCS(=O)(=O)C4)CC3)ccnc12. The van der Waals surface area contributed by atoms with Gasteiger partial charge in [-0.15, -0.1) is 0 Å². The molecule has 0 N–H and O–H groups in total. The van der Waals surface area contributed by atoms with Gasteiger partial charge < -0.3 is 4.90 Å². The smallest absolute Gasteiger partial charge is 0.151 e. The Hall–Kier alpha value is -1.66. The fourth-order valence-corrected chi connectivity index (χ4v) is 5.74. The van der Waals surface area contributed by atoms with Gasteiger partial charge in [-0.3, -0.25) is 9.88 Å². The van der Waals surface area contributed by atoms with Crippen molar-refractivity contribution in [2.45, 2.75) is 19.4 Å². The molecule has 0 saturated carbocycles. The molecule has 0 spiro atoms. The molecule has 0 amide bonds. The Morgan fingerprint density at radius 3 is 2.62 bits per heavy atom. The van der Waals surface area contributed by atoms with Crippen molar-refractivity contribution in [3.63, 3.8) is 0 Å². The Morgan fingerprint density at radius 1 is 1.12 bits per heavy atom. The third-order valence-electron chi connectivity index (χ3n) is 5.33. The summed E-state index contributed by atoms with van der Waals surface area (Å²) in [6.45, 7) is 5.82. The first-order valence-electron chi connectivity index (χ1n) is 8.57. The Kier molecular flexibility index (Phi) is 3.96. The minimum absolute atomic E-state index is 0.216. The van der Waals surface area contributed by atoms with Crippen LogP contribution in [0.15, 0.2) is 30.5 Å². The van der Waals surface area contributed by atoms with Gasteiger partial charge >= 0.3 is 0 Å². The van der Waals surface area contributed by atoms with E-state index < -0.39 is 9.84 Å². The normalized spacial score (nSPS) is 24.5. The molecule has 0 aliphatic carbocycles. The molecule has 24 heavy (non-hydrogen) atoms. The van der Waals surface area contributed by atoms with Gasteiger partial charge in [-0.1, -0.05) is 18.2 Å². The largest absolute Gasteiger partial charge is 0.368 e. The lowest BCUT2D eigenvalue weighted by Gasteiger charge is -2.39. The zero-order chi connectivity index (χ0) is 16.7. The van der Waals surface area contributed by atoms with E-state index in [4.69, 9.17) is 0 Å². The van der Waals surface area contributed by atoms with Gasteiger partial charge in [-0.25, -0.2) is 8.42 Å². The minimum atomic E-state index is -2.81. The molecule has 1 aromatic heterocycles. The number of rotatable bonds is 2. The number of nitrogens with zero attached hydrogens (tertiary/aromatic N) is 3. The molecule has 0 radical (unpaired) electrons. The molecule has 2 aliphatic heterocycles. The standard InChI is InChI=1S/C18H23N3O2S/c1-14-3-2-4-16-17(5-7-19-18(14)16)21-10-8-20(9-11-21)15-6-12-24(22,23)13-15/h2-5,7,15H,6,8-13H2,1H3. The van der Waals surface area contributed by atoms with Gasteiger partial charge in [0.25, 0.3) is 0 Å². The summed E-state index contributed by atoms with van der Waals surface area (Å²) in [6, 6.07) is 8.63. The van der Waals surface area contributed by atoms with Crippen molar-refractivity contribution < 1.29 is 8.42 Å². The molecule has 0 bridgehead atoms. The highest BCUT2D eigenvalue weighted by atomic mass is 32.2. The maximum Gasteiger partial charge on any atom is 0.151 e. The molecular formula is C18H23N3O2S. The van der Waals surface area contributed by atoms with Crippen molar-refractivity contribution in [3.8, 4) is 0 Å². The molecule has 6 heteroatoms. The molecule has 1 aromatic carbocycles. The topological polar surface area (TPSA) is 53.5 Å². The average molecular weight is 345 g/mol. The van der Waals surface area contributed by atoms with Crippen LogP contribution in [0.4, 0.5) is 5.69 Å². The van der Waals surface area contributed by atoms with Crippen molar-refractivity contribution in [3.05, 3.63) is 36.0 Å². The van der Waals surface area contributed by atoms with Gasteiger partial charge in [0.1, 0.15) is 0 Å². The number of para-hydroxylation sites is 1. The molecule has 1 unspecified atom stereocenters. The van der Waals surface area contributed by atoms with E-state index in [1.165, 1.54) is 16.6 Å². The van der Waals surface area contributed by atoms with Crippen LogP contribution in [0.1, 0.15) is 12.0 Å². The first-order chi connectivity index (χ1) is 11.5. The fourth-order valence-electron chi connectivity index (χ4n) is 3.98. The Labute approximate surface area is 143 Å². The summed E-state index contributed by atoms with van der Waals surface area (Å²) < 4.78 is 23.4. The first kappa shape index (κ1) is 15.8. The van der Waals surface area contributed by atoms with E-state index >= 15 is 0 Å². The van der Waals surface area contributed by atoms with Crippen LogP contribution in [0.5, 0.6) is 0 Å². The fraction of sp³-hybridized carbons (Fsp3) is 0.500. The summed E-state index contributed by atoms with van der Waals surface area (Å²) in [6.07, 6.45) is 2.68. The molecule has 5 nitrogen and oxygen atoms in total. The lowest BCUT2D eigenvalue weighted by Crippen LogP contribution is -2.50. The predicted molar refractivity (Wildman–Crippen MR) is 97.3 cm³/mol. The van der Waals surface area contributed by atoms with Crippen LogP contribution in [0.2, 0.25) is 0 Å². The molecule has 2 aliphatic rings. The summed E-state index contributed by atoms with van der Waals surface area (Å²) in [5.41, 5.74) is 3.51. The second-order valence-electron chi connectivity index (χ2n) is 6.88. The van der Waals surface area contributed by atoms with E-state index in [1.54, 1.807) is 0 Å². The number of pyridine rings is 1. The number of sulfone groups is 1. The van der Waals surface area contributed by atoms with Gasteiger partial charge in [0.05, 0.1) is 17.0 Å². The van der Waals surface area contributed by atoms with Crippen LogP contribution >= 0.6 is 0 Å². The van der Waals surface area contributed by atoms with Gasteiger partial charge in [0, 0.05) is 49.5 Å². The quantitative estimate of drug-likeness (QED) is 0.831. The third-order valence-corrected chi connectivity index (χ3v) is 7.08. The molecule has 128 valence electrons. The number of fused-ring (bicyclic) bond motifs is 1. The molecule has 4 rings (SSSR count). The van der Waals surface area contributed by atoms with Crippen LogP contribution in [0.25, 0.3) is 10.9 Å². The minimum Gasteiger partial charge on any atom is -0.368 e. The highest BCUT2D eigenvalue weighted by molar-refractivity contribution is 7.91. The number of piperazine rings is 1. The number of benzene rings is 1. The van der Waals surface area contributed by atoms with E-state index in [2.05, 4.69) is 46.0 Å². The van der Waals surface area contributed by atoms with Gasteiger partial charge in [-0.05, 0) is 25.0 Å². The van der Waals surface area contributed by atoms with Crippen LogP contribution in [-0.2, 0) is 9.84 Å². The van der Waals surface area contributed by atoms with Gasteiger partial charge in [-0.2, -0.15) is 0 Å².